The Kier molecular flexibility index (Phi) is 5.02. The normalized spacial score (nSPS) is 12.8. The summed E-state index contributed by atoms with van der Waals surface area (Å²) in [6.45, 7) is 5.23. The summed E-state index contributed by atoms with van der Waals surface area (Å²) in [5, 5.41) is 10.7. The molecule has 0 amide bonds. The molecule has 2 heterocycles. The van der Waals surface area contributed by atoms with Crippen molar-refractivity contribution < 1.29 is 0 Å². The SMILES string of the molecule is CCCn1ncc(Cl)c1C(NC)c1sccc1CC. The molecule has 2 aromatic rings. The molecular weight excluding hydrogens is 278 g/mol. The van der Waals surface area contributed by atoms with E-state index in [2.05, 4.69) is 35.7 Å². The Bertz CT molecular complexity index is 533. The highest BCUT2D eigenvalue weighted by atomic mass is 35.5. The molecule has 0 aromatic carbocycles. The maximum absolute atomic E-state index is 6.35. The number of aromatic nitrogens is 2. The minimum atomic E-state index is 0.122. The molecule has 1 atom stereocenters. The van der Waals surface area contributed by atoms with Crippen LogP contribution in [0.3, 0.4) is 0 Å². The van der Waals surface area contributed by atoms with Gasteiger partial charge in [0.2, 0.25) is 0 Å². The largest absolute Gasteiger partial charge is 0.307 e. The van der Waals surface area contributed by atoms with Crippen LogP contribution in [0.1, 0.15) is 42.4 Å². The topological polar surface area (TPSA) is 29.9 Å². The first-order valence-corrected chi connectivity index (χ1v) is 7.93. The lowest BCUT2D eigenvalue weighted by Crippen LogP contribution is -2.22. The lowest BCUT2D eigenvalue weighted by atomic mass is 10.1. The molecule has 0 aliphatic carbocycles. The van der Waals surface area contributed by atoms with E-state index in [4.69, 9.17) is 11.6 Å². The van der Waals surface area contributed by atoms with Gasteiger partial charge in [0.15, 0.2) is 0 Å². The summed E-state index contributed by atoms with van der Waals surface area (Å²) in [5.41, 5.74) is 2.45. The lowest BCUT2D eigenvalue weighted by molar-refractivity contribution is 0.536. The highest BCUT2D eigenvalue weighted by molar-refractivity contribution is 7.10. The van der Waals surface area contributed by atoms with Crippen molar-refractivity contribution in [1.29, 1.82) is 0 Å². The van der Waals surface area contributed by atoms with Crippen molar-refractivity contribution >= 4 is 22.9 Å². The van der Waals surface area contributed by atoms with E-state index >= 15 is 0 Å². The molecule has 1 unspecified atom stereocenters. The van der Waals surface area contributed by atoms with Crippen LogP contribution in [-0.4, -0.2) is 16.8 Å². The van der Waals surface area contributed by atoms with Gasteiger partial charge in [0, 0.05) is 11.4 Å². The molecule has 2 aromatic heterocycles. The lowest BCUT2D eigenvalue weighted by Gasteiger charge is -2.19. The van der Waals surface area contributed by atoms with Gasteiger partial charge in [-0.3, -0.25) is 4.68 Å². The van der Waals surface area contributed by atoms with Gasteiger partial charge in [0.25, 0.3) is 0 Å². The van der Waals surface area contributed by atoms with Crippen LogP contribution in [0.5, 0.6) is 0 Å². The highest BCUT2D eigenvalue weighted by Crippen LogP contribution is 2.33. The van der Waals surface area contributed by atoms with E-state index < -0.39 is 0 Å². The molecule has 1 N–H and O–H groups in total. The van der Waals surface area contributed by atoms with Gasteiger partial charge in [0.05, 0.1) is 23.0 Å². The second-order valence-corrected chi connectivity index (χ2v) is 5.84. The summed E-state index contributed by atoms with van der Waals surface area (Å²) in [6, 6.07) is 2.31. The summed E-state index contributed by atoms with van der Waals surface area (Å²) in [4.78, 5) is 1.34. The van der Waals surface area contributed by atoms with Crippen molar-refractivity contribution in [2.24, 2.45) is 0 Å². The van der Waals surface area contributed by atoms with Crippen LogP contribution in [0.4, 0.5) is 0 Å². The zero-order valence-electron chi connectivity index (χ0n) is 11.6. The molecule has 0 saturated carbocycles. The van der Waals surface area contributed by atoms with Gasteiger partial charge in [-0.05, 0) is 36.9 Å². The first-order chi connectivity index (χ1) is 9.22. The number of nitrogens with zero attached hydrogens (tertiary/aromatic N) is 2. The maximum Gasteiger partial charge on any atom is 0.0857 e. The van der Waals surface area contributed by atoms with E-state index in [0.717, 1.165) is 30.1 Å². The molecule has 5 heteroatoms. The predicted molar refractivity (Wildman–Crippen MR) is 82.1 cm³/mol. The third-order valence-corrected chi connectivity index (χ3v) is 4.57. The number of aryl methyl sites for hydroxylation is 2. The first-order valence-electron chi connectivity index (χ1n) is 6.67. The van der Waals surface area contributed by atoms with Crippen molar-refractivity contribution in [3.63, 3.8) is 0 Å². The minimum absolute atomic E-state index is 0.122. The standard InChI is InChI=1S/C14H20ClN3S/c1-4-7-18-13(11(15)9-17-18)12(16-3)14-10(5-2)6-8-19-14/h6,8-9,12,16H,4-5,7H2,1-3H3. The Morgan fingerprint density at radius 1 is 1.47 bits per heavy atom. The number of thiophene rings is 1. The molecular formula is C14H20ClN3S. The first kappa shape index (κ1) is 14.6. The average Bonchev–Trinajstić information content (AvgIpc) is 3.01. The van der Waals surface area contributed by atoms with E-state index in [1.165, 1.54) is 10.4 Å². The van der Waals surface area contributed by atoms with Crippen molar-refractivity contribution in [1.82, 2.24) is 15.1 Å². The molecule has 0 bridgehead atoms. The van der Waals surface area contributed by atoms with E-state index in [0.29, 0.717) is 0 Å². The van der Waals surface area contributed by atoms with Gasteiger partial charge in [0.1, 0.15) is 0 Å². The van der Waals surface area contributed by atoms with Gasteiger partial charge >= 0.3 is 0 Å². The molecule has 0 saturated heterocycles. The second kappa shape index (κ2) is 6.55. The van der Waals surface area contributed by atoms with Crippen LogP contribution in [0.15, 0.2) is 17.6 Å². The van der Waals surface area contributed by atoms with Crippen LogP contribution >= 0.6 is 22.9 Å². The average molecular weight is 298 g/mol. The minimum Gasteiger partial charge on any atom is -0.307 e. The Morgan fingerprint density at radius 2 is 2.26 bits per heavy atom. The van der Waals surface area contributed by atoms with Crippen LogP contribution in [0, 0.1) is 0 Å². The monoisotopic (exact) mass is 297 g/mol. The van der Waals surface area contributed by atoms with Crippen molar-refractivity contribution in [2.75, 3.05) is 7.05 Å². The molecule has 2 rings (SSSR count). The molecule has 0 spiro atoms. The Morgan fingerprint density at radius 3 is 2.89 bits per heavy atom. The third-order valence-electron chi connectivity index (χ3n) is 3.25. The smallest absolute Gasteiger partial charge is 0.0857 e. The Labute approximate surface area is 123 Å². The number of hydrogen-bond donors (Lipinski definition) is 1. The fraction of sp³-hybridized carbons (Fsp3) is 0.500. The van der Waals surface area contributed by atoms with Crippen molar-refractivity contribution in [3.8, 4) is 0 Å². The highest BCUT2D eigenvalue weighted by Gasteiger charge is 2.23. The summed E-state index contributed by atoms with van der Waals surface area (Å²) < 4.78 is 2.02. The number of halogens is 1. The fourth-order valence-corrected chi connectivity index (χ4v) is 3.69. The molecule has 0 aliphatic rings. The van der Waals surface area contributed by atoms with Crippen LogP contribution in [0.25, 0.3) is 0 Å². The van der Waals surface area contributed by atoms with E-state index in [1.54, 1.807) is 17.5 Å². The van der Waals surface area contributed by atoms with E-state index in [9.17, 15) is 0 Å². The van der Waals surface area contributed by atoms with Crippen LogP contribution < -0.4 is 5.32 Å². The summed E-state index contributed by atoms with van der Waals surface area (Å²) in [6.07, 6.45) is 3.83. The van der Waals surface area contributed by atoms with Crippen molar-refractivity contribution in [3.05, 3.63) is 38.8 Å². The quantitative estimate of drug-likeness (QED) is 0.877. The summed E-state index contributed by atoms with van der Waals surface area (Å²) >= 11 is 8.13. The maximum atomic E-state index is 6.35. The Balaban J connectivity index is 2.45. The molecule has 0 aliphatic heterocycles. The predicted octanol–water partition coefficient (Wildman–Crippen LogP) is 3.88. The summed E-state index contributed by atoms with van der Waals surface area (Å²) in [5.74, 6) is 0. The van der Waals surface area contributed by atoms with Gasteiger partial charge in [-0.2, -0.15) is 5.10 Å². The molecule has 0 radical (unpaired) electrons. The molecule has 0 fully saturated rings. The zero-order chi connectivity index (χ0) is 13.8. The zero-order valence-corrected chi connectivity index (χ0v) is 13.2. The number of rotatable bonds is 6. The van der Waals surface area contributed by atoms with Gasteiger partial charge in [-0.25, -0.2) is 0 Å². The Hall–Kier alpha value is -0.840. The molecule has 19 heavy (non-hydrogen) atoms. The van der Waals surface area contributed by atoms with Gasteiger partial charge in [-0.1, -0.05) is 25.4 Å². The third kappa shape index (κ3) is 2.86. The van der Waals surface area contributed by atoms with Crippen LogP contribution in [-0.2, 0) is 13.0 Å². The summed E-state index contributed by atoms with van der Waals surface area (Å²) in [7, 11) is 1.98. The second-order valence-electron chi connectivity index (χ2n) is 4.49. The van der Waals surface area contributed by atoms with E-state index in [1.807, 2.05) is 11.7 Å². The number of nitrogens with one attached hydrogen (secondary N) is 1. The van der Waals surface area contributed by atoms with Crippen molar-refractivity contribution in [2.45, 2.75) is 39.3 Å². The van der Waals surface area contributed by atoms with Crippen LogP contribution in [0.2, 0.25) is 5.02 Å². The molecule has 104 valence electrons. The van der Waals surface area contributed by atoms with Gasteiger partial charge < -0.3 is 5.32 Å². The number of hydrogen-bond acceptors (Lipinski definition) is 3. The van der Waals surface area contributed by atoms with E-state index in [-0.39, 0.29) is 6.04 Å². The van der Waals surface area contributed by atoms with Gasteiger partial charge in [-0.15, -0.1) is 11.3 Å². The molecule has 3 nitrogen and oxygen atoms in total. The fourth-order valence-electron chi connectivity index (χ4n) is 2.33.